The Hall–Kier alpha value is -3.18. The quantitative estimate of drug-likeness (QED) is 0.687. The summed E-state index contributed by atoms with van der Waals surface area (Å²) in [5.74, 6) is -1.27. The lowest BCUT2D eigenvalue weighted by atomic mass is 9.95. The topological polar surface area (TPSA) is 49.4 Å². The summed E-state index contributed by atoms with van der Waals surface area (Å²) in [6, 6.07) is 19.5. The van der Waals surface area contributed by atoms with E-state index in [2.05, 4.69) is 5.32 Å². The minimum atomic E-state index is -0.525. The fourth-order valence-electron chi connectivity index (χ4n) is 3.45. The van der Waals surface area contributed by atoms with Crippen LogP contribution in [0.15, 0.2) is 72.8 Å². The Balaban J connectivity index is 1.88. The normalized spacial score (nSPS) is 16.1. The van der Waals surface area contributed by atoms with Gasteiger partial charge in [-0.05, 0) is 35.9 Å². The van der Waals surface area contributed by atoms with Crippen molar-refractivity contribution >= 4 is 29.1 Å². The van der Waals surface area contributed by atoms with Crippen LogP contribution in [0.5, 0.6) is 0 Å². The number of rotatable bonds is 2. The molecule has 0 aromatic heterocycles. The summed E-state index contributed by atoms with van der Waals surface area (Å²) >= 11 is 6.11. The summed E-state index contributed by atoms with van der Waals surface area (Å²) in [5, 5.41) is 3.30. The fourth-order valence-corrected chi connectivity index (χ4v) is 3.62. The van der Waals surface area contributed by atoms with Crippen molar-refractivity contribution in [3.05, 3.63) is 100 Å². The Morgan fingerprint density at radius 2 is 1.82 bits per heavy atom. The summed E-state index contributed by atoms with van der Waals surface area (Å²) in [6.07, 6.45) is 0. The lowest BCUT2D eigenvalue weighted by molar-refractivity contribution is -0.117. The van der Waals surface area contributed by atoms with Gasteiger partial charge < -0.3 is 10.2 Å². The van der Waals surface area contributed by atoms with Gasteiger partial charge in [0.05, 0.1) is 6.04 Å². The van der Waals surface area contributed by atoms with Crippen LogP contribution in [0.1, 0.15) is 27.5 Å². The second-order valence-electron chi connectivity index (χ2n) is 6.54. The molecular weight excluding hydrogens is 379 g/mol. The molecule has 1 N–H and O–H groups in total. The van der Waals surface area contributed by atoms with Crippen LogP contribution in [0.25, 0.3) is 0 Å². The van der Waals surface area contributed by atoms with Gasteiger partial charge in [0.2, 0.25) is 5.91 Å². The fraction of sp³-hybridized carbons (Fsp3) is 0.0909. The van der Waals surface area contributed by atoms with Crippen LogP contribution in [-0.2, 0) is 4.79 Å². The Bertz CT molecular complexity index is 1060. The molecule has 2 amide bonds. The Labute approximate surface area is 166 Å². The average molecular weight is 395 g/mol. The molecule has 1 atom stereocenters. The van der Waals surface area contributed by atoms with Gasteiger partial charge in [-0.15, -0.1) is 0 Å². The molecule has 0 aliphatic carbocycles. The van der Waals surface area contributed by atoms with Gasteiger partial charge in [-0.25, -0.2) is 4.39 Å². The van der Waals surface area contributed by atoms with E-state index in [-0.39, 0.29) is 18.0 Å². The molecule has 0 saturated carbocycles. The zero-order valence-electron chi connectivity index (χ0n) is 14.7. The second-order valence-corrected chi connectivity index (χ2v) is 6.97. The van der Waals surface area contributed by atoms with Crippen molar-refractivity contribution in [3.63, 3.8) is 0 Å². The number of carbonyl (C=O) groups is 2. The first kappa shape index (κ1) is 18.2. The predicted molar refractivity (Wildman–Crippen MR) is 106 cm³/mol. The zero-order chi connectivity index (χ0) is 19.7. The van der Waals surface area contributed by atoms with Crippen molar-refractivity contribution in [2.45, 2.75) is 6.04 Å². The van der Waals surface area contributed by atoms with Crippen LogP contribution in [0.4, 0.5) is 10.1 Å². The smallest absolute Gasteiger partial charge is 0.255 e. The Morgan fingerprint density at radius 1 is 1.04 bits per heavy atom. The van der Waals surface area contributed by atoms with Gasteiger partial charge in [-0.2, -0.15) is 0 Å². The monoisotopic (exact) mass is 394 g/mol. The van der Waals surface area contributed by atoms with E-state index in [1.54, 1.807) is 24.3 Å². The van der Waals surface area contributed by atoms with Crippen molar-refractivity contribution in [2.75, 3.05) is 11.9 Å². The lowest BCUT2D eigenvalue weighted by Gasteiger charge is -2.30. The number of hydrogen-bond acceptors (Lipinski definition) is 2. The maximum atomic E-state index is 13.7. The number of carbonyl (C=O) groups excluding carboxylic acids is 2. The molecule has 4 nitrogen and oxygen atoms in total. The molecule has 4 rings (SSSR count). The largest absolute Gasteiger partial charge is 0.324 e. The van der Waals surface area contributed by atoms with Crippen molar-refractivity contribution in [1.29, 1.82) is 0 Å². The van der Waals surface area contributed by atoms with E-state index in [4.69, 9.17) is 11.6 Å². The van der Waals surface area contributed by atoms with Gasteiger partial charge in [-0.3, -0.25) is 9.59 Å². The molecule has 0 saturated heterocycles. The highest BCUT2D eigenvalue weighted by atomic mass is 35.5. The lowest BCUT2D eigenvalue weighted by Crippen LogP contribution is -2.39. The van der Waals surface area contributed by atoms with E-state index in [1.807, 2.05) is 30.3 Å². The first-order valence-electron chi connectivity index (χ1n) is 8.74. The third-order valence-electron chi connectivity index (χ3n) is 4.66. The number of nitrogens with one attached hydrogen (secondary N) is 1. The highest BCUT2D eigenvalue weighted by Crippen LogP contribution is 2.37. The number of anilines is 1. The van der Waals surface area contributed by atoms with Crippen LogP contribution in [0.3, 0.4) is 0 Å². The van der Waals surface area contributed by atoms with E-state index in [0.29, 0.717) is 10.7 Å². The molecule has 0 radical (unpaired) electrons. The number of benzene rings is 3. The highest BCUT2D eigenvalue weighted by molar-refractivity contribution is 6.31. The molecule has 1 aliphatic heterocycles. The molecule has 1 heterocycles. The van der Waals surface area contributed by atoms with Crippen LogP contribution in [-0.4, -0.2) is 23.3 Å². The van der Waals surface area contributed by atoms with E-state index in [1.165, 1.54) is 23.1 Å². The molecule has 140 valence electrons. The first-order valence-corrected chi connectivity index (χ1v) is 9.11. The summed E-state index contributed by atoms with van der Waals surface area (Å²) < 4.78 is 13.7. The maximum absolute atomic E-state index is 13.7. The highest BCUT2D eigenvalue weighted by Gasteiger charge is 2.34. The standard InChI is InChI=1S/C22H16ClFN2O2/c23-16-9-10-18-19(12-16)25-20(27)13-26(21(18)14-5-2-1-3-6-14)22(28)15-7-4-8-17(24)11-15/h1-12,21H,13H2,(H,25,27). The van der Waals surface area contributed by atoms with E-state index in [0.717, 1.165) is 11.1 Å². The molecular formula is C22H16ClFN2O2. The van der Waals surface area contributed by atoms with Gasteiger partial charge in [0.1, 0.15) is 12.4 Å². The third kappa shape index (κ3) is 3.49. The van der Waals surface area contributed by atoms with Crippen molar-refractivity contribution in [1.82, 2.24) is 4.90 Å². The number of fused-ring (bicyclic) bond motifs is 1. The molecule has 0 bridgehead atoms. The summed E-state index contributed by atoms with van der Waals surface area (Å²) in [4.78, 5) is 27.2. The number of amides is 2. The Morgan fingerprint density at radius 3 is 2.57 bits per heavy atom. The van der Waals surface area contributed by atoms with Gasteiger partial charge in [0.25, 0.3) is 5.91 Å². The first-order chi connectivity index (χ1) is 13.5. The molecule has 1 aliphatic rings. The molecule has 1 unspecified atom stereocenters. The SMILES string of the molecule is O=C1CN(C(=O)c2cccc(F)c2)C(c2ccccc2)c2ccc(Cl)cc2N1. The molecule has 3 aromatic rings. The van der Waals surface area contributed by atoms with E-state index >= 15 is 0 Å². The summed E-state index contributed by atoms with van der Waals surface area (Å²) in [6.45, 7) is -0.165. The van der Waals surface area contributed by atoms with E-state index in [9.17, 15) is 14.0 Å². The van der Waals surface area contributed by atoms with Crippen molar-refractivity contribution in [3.8, 4) is 0 Å². The van der Waals surface area contributed by atoms with Crippen molar-refractivity contribution in [2.24, 2.45) is 0 Å². The third-order valence-corrected chi connectivity index (χ3v) is 4.89. The van der Waals surface area contributed by atoms with Gasteiger partial charge in [0.15, 0.2) is 0 Å². The van der Waals surface area contributed by atoms with E-state index < -0.39 is 17.8 Å². The molecule has 28 heavy (non-hydrogen) atoms. The van der Waals surface area contributed by atoms with Gasteiger partial charge >= 0.3 is 0 Å². The molecule has 0 spiro atoms. The number of nitrogens with zero attached hydrogens (tertiary/aromatic N) is 1. The summed E-state index contributed by atoms with van der Waals surface area (Å²) in [5.41, 5.74) is 2.32. The Kier molecular flexibility index (Phi) is 4.84. The van der Waals surface area contributed by atoms with Crippen LogP contribution < -0.4 is 5.32 Å². The van der Waals surface area contributed by atoms with Crippen LogP contribution in [0.2, 0.25) is 5.02 Å². The van der Waals surface area contributed by atoms with Crippen LogP contribution >= 0.6 is 11.6 Å². The number of hydrogen-bond donors (Lipinski definition) is 1. The minimum absolute atomic E-state index is 0.165. The molecule has 3 aromatic carbocycles. The van der Waals surface area contributed by atoms with Gasteiger partial charge in [-0.1, -0.05) is 54.1 Å². The predicted octanol–water partition coefficient (Wildman–Crippen LogP) is 4.66. The van der Waals surface area contributed by atoms with Gasteiger partial charge in [0, 0.05) is 21.8 Å². The second kappa shape index (κ2) is 7.44. The minimum Gasteiger partial charge on any atom is -0.324 e. The summed E-state index contributed by atoms with van der Waals surface area (Å²) in [7, 11) is 0. The van der Waals surface area contributed by atoms with Crippen molar-refractivity contribution < 1.29 is 14.0 Å². The molecule has 6 heteroatoms. The molecule has 0 fully saturated rings. The van der Waals surface area contributed by atoms with Crippen LogP contribution in [0, 0.1) is 5.82 Å². The maximum Gasteiger partial charge on any atom is 0.255 e. The zero-order valence-corrected chi connectivity index (χ0v) is 15.5. The average Bonchev–Trinajstić information content (AvgIpc) is 2.83. The number of halogens is 2.